The van der Waals surface area contributed by atoms with Crippen LogP contribution >= 0.6 is 22.9 Å². The molecule has 1 aromatic heterocycles. The lowest BCUT2D eigenvalue weighted by Gasteiger charge is -2.25. The summed E-state index contributed by atoms with van der Waals surface area (Å²) in [5, 5.41) is 4.67. The number of alkyl halides is 1. The van der Waals surface area contributed by atoms with Crippen molar-refractivity contribution in [1.29, 1.82) is 0 Å². The molecule has 0 saturated heterocycles. The van der Waals surface area contributed by atoms with E-state index in [4.69, 9.17) is 11.6 Å². The van der Waals surface area contributed by atoms with Crippen molar-refractivity contribution in [3.8, 4) is 0 Å². The van der Waals surface area contributed by atoms with E-state index in [2.05, 4.69) is 37.6 Å². The Bertz CT molecular complexity index is 249. The molecule has 0 aliphatic heterocycles. The zero-order valence-electron chi connectivity index (χ0n) is 9.22. The molecule has 0 radical (unpaired) electrons. The molecule has 1 unspecified atom stereocenters. The Morgan fingerprint density at radius 3 is 2.71 bits per heavy atom. The van der Waals surface area contributed by atoms with Crippen LogP contribution in [-0.2, 0) is 6.42 Å². The highest BCUT2D eigenvalue weighted by Crippen LogP contribution is 2.30. The normalized spacial score (nSPS) is 14.3. The monoisotopic (exact) mass is 230 g/mol. The van der Waals surface area contributed by atoms with E-state index in [-0.39, 0.29) is 5.38 Å². The van der Waals surface area contributed by atoms with Gasteiger partial charge in [-0.15, -0.1) is 11.6 Å². The van der Waals surface area contributed by atoms with Gasteiger partial charge in [-0.25, -0.2) is 0 Å². The number of hydrogen-bond acceptors (Lipinski definition) is 1. The van der Waals surface area contributed by atoms with Crippen molar-refractivity contribution in [3.63, 3.8) is 0 Å². The van der Waals surface area contributed by atoms with Gasteiger partial charge in [0.05, 0.1) is 0 Å². The topological polar surface area (TPSA) is 0 Å². The summed E-state index contributed by atoms with van der Waals surface area (Å²) in [4.78, 5) is 0. The van der Waals surface area contributed by atoms with Gasteiger partial charge in [0.15, 0.2) is 0 Å². The van der Waals surface area contributed by atoms with Crippen LogP contribution in [0.4, 0.5) is 0 Å². The molecule has 0 N–H and O–H groups in total. The Morgan fingerprint density at radius 1 is 1.50 bits per heavy atom. The Morgan fingerprint density at radius 2 is 2.21 bits per heavy atom. The Hall–Kier alpha value is -0.0100. The molecule has 0 spiro atoms. The van der Waals surface area contributed by atoms with Gasteiger partial charge in [-0.3, -0.25) is 0 Å². The predicted octanol–water partition coefficient (Wildman–Crippen LogP) is 4.72. The summed E-state index contributed by atoms with van der Waals surface area (Å²) in [6.07, 6.45) is 3.50. The third-order valence-corrected chi connectivity index (χ3v) is 3.39. The van der Waals surface area contributed by atoms with Gasteiger partial charge in [-0.2, -0.15) is 11.3 Å². The van der Waals surface area contributed by atoms with Crippen LogP contribution in [0, 0.1) is 5.41 Å². The highest BCUT2D eigenvalue weighted by atomic mass is 35.5. The molecule has 1 aromatic rings. The van der Waals surface area contributed by atoms with E-state index in [0.29, 0.717) is 5.41 Å². The van der Waals surface area contributed by atoms with Gasteiger partial charge in [-0.05, 0) is 54.0 Å². The van der Waals surface area contributed by atoms with Crippen molar-refractivity contribution in [1.82, 2.24) is 0 Å². The first-order valence-corrected chi connectivity index (χ1v) is 6.53. The Balaban J connectivity index is 2.36. The van der Waals surface area contributed by atoms with Crippen LogP contribution in [0.3, 0.4) is 0 Å². The maximum absolute atomic E-state index is 6.02. The lowest BCUT2D eigenvalue weighted by Crippen LogP contribution is -2.16. The van der Waals surface area contributed by atoms with Crippen molar-refractivity contribution >= 4 is 22.9 Å². The lowest BCUT2D eigenvalue weighted by atomic mass is 9.82. The molecule has 1 atom stereocenters. The zero-order chi connectivity index (χ0) is 10.6. The average molecular weight is 231 g/mol. The molecule has 0 aliphatic carbocycles. The van der Waals surface area contributed by atoms with Crippen molar-refractivity contribution in [2.45, 2.75) is 45.4 Å². The molecule has 0 fully saturated rings. The highest BCUT2D eigenvalue weighted by Gasteiger charge is 2.19. The maximum atomic E-state index is 6.02. The fourth-order valence-corrected chi connectivity index (χ4v) is 2.90. The Labute approximate surface area is 96.3 Å². The van der Waals surface area contributed by atoms with Crippen LogP contribution in [0.15, 0.2) is 16.8 Å². The molecule has 0 saturated carbocycles. The van der Waals surface area contributed by atoms with Gasteiger partial charge in [0, 0.05) is 5.38 Å². The largest absolute Gasteiger partial charge is 0.152 e. The van der Waals surface area contributed by atoms with E-state index in [1.54, 1.807) is 11.3 Å². The average Bonchev–Trinajstić information content (AvgIpc) is 2.50. The highest BCUT2D eigenvalue weighted by molar-refractivity contribution is 7.07. The van der Waals surface area contributed by atoms with Crippen LogP contribution in [0.1, 0.15) is 39.2 Å². The maximum Gasteiger partial charge on any atom is 0.0312 e. The summed E-state index contributed by atoms with van der Waals surface area (Å²) in [6, 6.07) is 2.21. The van der Waals surface area contributed by atoms with Crippen molar-refractivity contribution in [2.75, 3.05) is 0 Å². The first-order valence-electron chi connectivity index (χ1n) is 5.15. The summed E-state index contributed by atoms with van der Waals surface area (Å²) < 4.78 is 0. The van der Waals surface area contributed by atoms with Gasteiger partial charge in [0.1, 0.15) is 0 Å². The van der Waals surface area contributed by atoms with Crippen LogP contribution in [0.5, 0.6) is 0 Å². The fourth-order valence-electron chi connectivity index (χ4n) is 1.78. The van der Waals surface area contributed by atoms with Crippen molar-refractivity contribution in [2.24, 2.45) is 5.41 Å². The van der Waals surface area contributed by atoms with Crippen molar-refractivity contribution < 1.29 is 0 Å². The minimum atomic E-state index is 0.285. The second-order valence-corrected chi connectivity index (χ2v) is 6.31. The SMILES string of the molecule is CC(Cl)CC(C)(C)CCc1ccsc1. The molecular formula is C12H19ClS. The van der Waals surface area contributed by atoms with Gasteiger partial charge in [0.2, 0.25) is 0 Å². The summed E-state index contributed by atoms with van der Waals surface area (Å²) in [5.41, 5.74) is 1.83. The third-order valence-electron chi connectivity index (χ3n) is 2.50. The molecule has 1 rings (SSSR count). The van der Waals surface area contributed by atoms with E-state index in [0.717, 1.165) is 6.42 Å². The molecule has 2 heteroatoms. The van der Waals surface area contributed by atoms with Gasteiger partial charge in [-0.1, -0.05) is 13.8 Å². The summed E-state index contributed by atoms with van der Waals surface area (Å²) in [7, 11) is 0. The molecule has 0 amide bonds. The number of hydrogen-bond donors (Lipinski definition) is 0. The molecule has 0 aliphatic rings. The van der Waals surface area contributed by atoms with E-state index >= 15 is 0 Å². The summed E-state index contributed by atoms with van der Waals surface area (Å²) in [5.74, 6) is 0. The minimum Gasteiger partial charge on any atom is -0.152 e. The molecule has 14 heavy (non-hydrogen) atoms. The molecular weight excluding hydrogens is 212 g/mol. The first-order chi connectivity index (χ1) is 6.49. The third kappa shape index (κ3) is 4.47. The molecule has 1 heterocycles. The summed E-state index contributed by atoms with van der Waals surface area (Å²) >= 11 is 7.80. The second kappa shape index (κ2) is 5.18. The molecule has 0 nitrogen and oxygen atoms in total. The quantitative estimate of drug-likeness (QED) is 0.642. The smallest absolute Gasteiger partial charge is 0.0312 e. The lowest BCUT2D eigenvalue weighted by molar-refractivity contribution is 0.307. The van der Waals surface area contributed by atoms with Crippen molar-refractivity contribution in [3.05, 3.63) is 22.4 Å². The van der Waals surface area contributed by atoms with Crippen LogP contribution in [0.25, 0.3) is 0 Å². The van der Waals surface area contributed by atoms with E-state index < -0.39 is 0 Å². The zero-order valence-corrected chi connectivity index (χ0v) is 10.8. The minimum absolute atomic E-state index is 0.285. The van der Waals surface area contributed by atoms with Gasteiger partial charge < -0.3 is 0 Å². The van der Waals surface area contributed by atoms with Gasteiger partial charge >= 0.3 is 0 Å². The molecule has 0 aromatic carbocycles. The number of thiophene rings is 1. The number of halogens is 1. The second-order valence-electron chi connectivity index (χ2n) is 4.78. The number of aryl methyl sites for hydroxylation is 1. The standard InChI is InChI=1S/C12H19ClS/c1-10(13)8-12(2,3)6-4-11-5-7-14-9-11/h5,7,9-10H,4,6,8H2,1-3H3. The summed E-state index contributed by atoms with van der Waals surface area (Å²) in [6.45, 7) is 6.68. The van der Waals surface area contributed by atoms with E-state index in [1.807, 2.05) is 0 Å². The van der Waals surface area contributed by atoms with Gasteiger partial charge in [0.25, 0.3) is 0 Å². The number of rotatable bonds is 5. The fraction of sp³-hybridized carbons (Fsp3) is 0.667. The van der Waals surface area contributed by atoms with Crippen LogP contribution < -0.4 is 0 Å². The first kappa shape index (κ1) is 12.1. The van der Waals surface area contributed by atoms with Crippen LogP contribution in [0.2, 0.25) is 0 Å². The van der Waals surface area contributed by atoms with Crippen LogP contribution in [-0.4, -0.2) is 5.38 Å². The Kier molecular flexibility index (Phi) is 4.46. The predicted molar refractivity (Wildman–Crippen MR) is 66.4 cm³/mol. The molecule has 0 bridgehead atoms. The van der Waals surface area contributed by atoms with E-state index in [1.165, 1.54) is 18.4 Å². The van der Waals surface area contributed by atoms with E-state index in [9.17, 15) is 0 Å². The molecule has 80 valence electrons.